The Labute approximate surface area is 293 Å². The molecule has 0 radical (unpaired) electrons. The van der Waals surface area contributed by atoms with Gasteiger partial charge in [-0.3, -0.25) is 9.98 Å². The maximum Gasteiger partial charge on any atom is 0.243 e. The van der Waals surface area contributed by atoms with Crippen LogP contribution in [0.5, 0.6) is 11.5 Å². The van der Waals surface area contributed by atoms with Gasteiger partial charge in [0.1, 0.15) is 48.7 Å². The van der Waals surface area contributed by atoms with E-state index < -0.39 is 0 Å². The Hall–Kier alpha value is -5.77. The third kappa shape index (κ3) is 9.43. The zero-order valence-electron chi connectivity index (χ0n) is 29.2. The number of aromatic hydroxyl groups is 2. The van der Waals surface area contributed by atoms with Gasteiger partial charge in [0.15, 0.2) is 0 Å². The van der Waals surface area contributed by atoms with Crippen molar-refractivity contribution in [2.75, 3.05) is 0 Å². The number of aliphatic imine (C=N–C) groups is 2. The lowest BCUT2D eigenvalue weighted by atomic mass is 10.1. The smallest absolute Gasteiger partial charge is 0.243 e. The summed E-state index contributed by atoms with van der Waals surface area (Å²) in [5, 5.41) is 21.4. The molecule has 3 aromatic carbocycles. The maximum absolute atomic E-state index is 10.7. The first-order chi connectivity index (χ1) is 24.3. The molecule has 3 heterocycles. The molecule has 0 unspecified atom stereocenters. The Morgan fingerprint density at radius 3 is 1.46 bits per heavy atom. The van der Waals surface area contributed by atoms with Gasteiger partial charge in [0.2, 0.25) is 19.0 Å². The van der Waals surface area contributed by atoms with Crippen molar-refractivity contribution in [3.8, 4) is 11.5 Å². The molecule has 10 heteroatoms. The molecule has 0 saturated heterocycles. The highest BCUT2D eigenvalue weighted by Crippen LogP contribution is 2.31. The number of nitrogens with zero attached hydrogens (tertiary/aromatic N) is 8. The third-order valence-electron chi connectivity index (χ3n) is 8.80. The van der Waals surface area contributed by atoms with E-state index in [1.54, 1.807) is 24.6 Å². The van der Waals surface area contributed by atoms with Crippen molar-refractivity contribution in [1.29, 1.82) is 0 Å². The van der Waals surface area contributed by atoms with Gasteiger partial charge in [0, 0.05) is 30.0 Å². The molecular formula is C40H47N8O2+3. The molecule has 0 aliphatic carbocycles. The first-order valence-corrected chi connectivity index (χ1v) is 17.2. The second-order valence-electron chi connectivity index (χ2n) is 13.0. The van der Waals surface area contributed by atoms with Gasteiger partial charge >= 0.3 is 0 Å². The van der Waals surface area contributed by atoms with E-state index in [2.05, 4.69) is 63.4 Å². The molecule has 0 saturated carbocycles. The van der Waals surface area contributed by atoms with Gasteiger partial charge in [-0.2, -0.15) is 0 Å². The van der Waals surface area contributed by atoms with Crippen molar-refractivity contribution in [2.24, 2.45) is 31.1 Å². The summed E-state index contributed by atoms with van der Waals surface area (Å²) in [5.74, 6) is 0.368. The molecule has 0 aliphatic rings. The molecule has 2 N–H and O–H groups in total. The summed E-state index contributed by atoms with van der Waals surface area (Å²) in [7, 11) is 6.05. The van der Waals surface area contributed by atoms with E-state index >= 15 is 0 Å². The van der Waals surface area contributed by atoms with Crippen LogP contribution in [0.2, 0.25) is 0 Å². The monoisotopic (exact) mass is 671 g/mol. The average molecular weight is 672 g/mol. The van der Waals surface area contributed by atoms with Crippen LogP contribution >= 0.6 is 0 Å². The van der Waals surface area contributed by atoms with E-state index in [9.17, 15) is 10.2 Å². The molecule has 0 amide bonds. The first-order valence-electron chi connectivity index (χ1n) is 17.2. The standard InChI is InChI=1S/C40H45N8O2/c1-43-18-21-46(29-43)15-4-6-32-9-12-39(49)35(24-32)27-41-37-11-8-34(14-17-48-23-20-45(3)31-48)26-38(37)42-28-36-25-33(10-13-40(36)50)7-5-16-47-22-19-44(2)30-47/h8-13,18-31H,4-7,14-17H2,1-3H3/q+1/p+2. The molecule has 0 atom stereocenters. The Kier molecular flexibility index (Phi) is 11.0. The molecule has 3 aromatic heterocycles. The molecule has 0 aliphatic heterocycles. The van der Waals surface area contributed by atoms with Crippen LogP contribution in [0.25, 0.3) is 0 Å². The van der Waals surface area contributed by atoms with Crippen LogP contribution in [-0.4, -0.2) is 36.3 Å². The van der Waals surface area contributed by atoms with E-state index in [-0.39, 0.29) is 11.5 Å². The van der Waals surface area contributed by atoms with Crippen LogP contribution in [0.4, 0.5) is 11.4 Å². The van der Waals surface area contributed by atoms with E-state index in [0.29, 0.717) is 22.5 Å². The fourth-order valence-corrected chi connectivity index (χ4v) is 6.03. The van der Waals surface area contributed by atoms with Crippen LogP contribution in [0.3, 0.4) is 0 Å². The number of phenols is 2. The molecule has 50 heavy (non-hydrogen) atoms. The first kappa shape index (κ1) is 34.1. The van der Waals surface area contributed by atoms with E-state index in [4.69, 9.17) is 9.98 Å². The van der Waals surface area contributed by atoms with Crippen LogP contribution < -0.4 is 13.7 Å². The number of imidazole rings is 3. The summed E-state index contributed by atoms with van der Waals surface area (Å²) in [6.07, 6.45) is 26.5. The second kappa shape index (κ2) is 16.1. The van der Waals surface area contributed by atoms with Gasteiger partial charge in [-0.25, -0.2) is 27.4 Å². The van der Waals surface area contributed by atoms with Crippen molar-refractivity contribution in [3.05, 3.63) is 139 Å². The number of aromatic nitrogens is 6. The predicted molar refractivity (Wildman–Crippen MR) is 194 cm³/mol. The van der Waals surface area contributed by atoms with Crippen molar-refractivity contribution < 1.29 is 23.9 Å². The molecule has 256 valence electrons. The number of benzene rings is 3. The molecule has 6 aromatic rings. The van der Waals surface area contributed by atoms with E-state index in [0.717, 1.165) is 68.4 Å². The van der Waals surface area contributed by atoms with Crippen LogP contribution in [0.15, 0.2) is 121 Å². The van der Waals surface area contributed by atoms with Crippen LogP contribution in [0, 0.1) is 0 Å². The molecule has 10 nitrogen and oxygen atoms in total. The summed E-state index contributed by atoms with van der Waals surface area (Å²) in [6.45, 7) is 2.68. The fraction of sp³-hybridized carbons (Fsp3) is 0.275. The SMILES string of the molecule is C[n+]1ccn(CCCc2ccc(O)c(C=Nc3ccc(CCn4cc[n+](C)c4)cc3N=Cc3cc(CCCn4cc[n+](C)c4)ccc3O)c2)c1. The number of rotatable bonds is 15. The minimum absolute atomic E-state index is 0.184. The summed E-state index contributed by atoms with van der Waals surface area (Å²) < 4.78 is 12.6. The lowest BCUT2D eigenvalue weighted by molar-refractivity contribution is -0.671. The quantitative estimate of drug-likeness (QED) is 0.119. The Morgan fingerprint density at radius 2 is 0.980 bits per heavy atom. The highest BCUT2D eigenvalue weighted by atomic mass is 16.3. The van der Waals surface area contributed by atoms with Crippen LogP contribution in [0.1, 0.15) is 40.7 Å². The maximum atomic E-state index is 10.7. The van der Waals surface area contributed by atoms with Gasteiger partial charge in [0.05, 0.1) is 52.2 Å². The van der Waals surface area contributed by atoms with Gasteiger partial charge in [-0.1, -0.05) is 18.2 Å². The minimum Gasteiger partial charge on any atom is -0.507 e. The molecule has 0 spiro atoms. The zero-order chi connectivity index (χ0) is 34.9. The Bertz CT molecular complexity index is 2100. The zero-order valence-corrected chi connectivity index (χ0v) is 29.2. The highest BCUT2D eigenvalue weighted by Gasteiger charge is 2.09. The highest BCUT2D eigenvalue weighted by molar-refractivity contribution is 5.89. The van der Waals surface area contributed by atoms with Gasteiger partial charge in [0.25, 0.3) is 0 Å². The largest absolute Gasteiger partial charge is 0.507 e. The van der Waals surface area contributed by atoms with Gasteiger partial charge in [-0.15, -0.1) is 0 Å². The number of phenolic OH excluding ortho intramolecular Hbond substituents is 2. The molecule has 6 rings (SSSR count). The van der Waals surface area contributed by atoms with Crippen molar-refractivity contribution in [1.82, 2.24) is 13.7 Å². The van der Waals surface area contributed by atoms with Crippen molar-refractivity contribution in [3.63, 3.8) is 0 Å². The van der Waals surface area contributed by atoms with Crippen LogP contribution in [-0.2, 0) is 60.0 Å². The fourth-order valence-electron chi connectivity index (χ4n) is 6.03. The predicted octanol–water partition coefficient (Wildman–Crippen LogP) is 4.99. The lowest BCUT2D eigenvalue weighted by Crippen LogP contribution is -2.23. The van der Waals surface area contributed by atoms with Gasteiger partial charge in [-0.05, 0) is 78.8 Å². The summed E-state index contributed by atoms with van der Waals surface area (Å²) in [6, 6.07) is 17.5. The Morgan fingerprint density at radius 1 is 0.540 bits per heavy atom. The summed E-state index contributed by atoms with van der Waals surface area (Å²) in [4.78, 5) is 9.68. The molecular weight excluding hydrogens is 624 g/mol. The molecule has 0 fully saturated rings. The summed E-state index contributed by atoms with van der Waals surface area (Å²) in [5.41, 5.74) is 6.11. The second-order valence-corrected chi connectivity index (χ2v) is 13.0. The average Bonchev–Trinajstić information content (AvgIpc) is 3.85. The minimum atomic E-state index is 0.184. The van der Waals surface area contributed by atoms with E-state index in [1.165, 1.54) is 0 Å². The lowest BCUT2D eigenvalue weighted by Gasteiger charge is -2.07. The number of hydrogen-bond acceptors (Lipinski definition) is 4. The van der Waals surface area contributed by atoms with Gasteiger partial charge < -0.3 is 10.2 Å². The summed E-state index contributed by atoms with van der Waals surface area (Å²) >= 11 is 0. The van der Waals surface area contributed by atoms with Crippen molar-refractivity contribution >= 4 is 23.8 Å². The van der Waals surface area contributed by atoms with Crippen molar-refractivity contribution in [2.45, 2.75) is 51.7 Å². The molecule has 0 bridgehead atoms. The normalized spacial score (nSPS) is 11.7. The Balaban J connectivity index is 1.20. The topological polar surface area (TPSA) is 91.6 Å². The number of hydrogen-bond donors (Lipinski definition) is 2. The van der Waals surface area contributed by atoms with E-state index in [1.807, 2.05) is 83.8 Å². The number of aryl methyl sites for hydroxylation is 9. The third-order valence-corrected chi connectivity index (χ3v) is 8.80.